The first-order valence-electron chi connectivity index (χ1n) is 11.8. The molecule has 2 amide bonds. The highest BCUT2D eigenvalue weighted by molar-refractivity contribution is 5.97. The van der Waals surface area contributed by atoms with E-state index in [9.17, 15) is 19.7 Å². The van der Waals surface area contributed by atoms with Crippen LogP contribution in [0.4, 0.5) is 5.69 Å². The van der Waals surface area contributed by atoms with Gasteiger partial charge in [0, 0.05) is 28.8 Å². The van der Waals surface area contributed by atoms with Gasteiger partial charge in [0.05, 0.1) is 4.92 Å². The van der Waals surface area contributed by atoms with Crippen LogP contribution in [0, 0.1) is 10.1 Å². The predicted molar refractivity (Wildman–Crippen MR) is 141 cm³/mol. The summed E-state index contributed by atoms with van der Waals surface area (Å²) in [5.41, 5.74) is 3.15. The molecular formula is C29H33N3O4. The number of nitrogens with zero attached hydrogens (tertiary/aromatic N) is 1. The lowest BCUT2D eigenvalue weighted by atomic mass is 9.86. The van der Waals surface area contributed by atoms with Crippen LogP contribution >= 0.6 is 0 Å². The van der Waals surface area contributed by atoms with Gasteiger partial charge in [-0.1, -0.05) is 77.9 Å². The molecule has 3 aromatic rings. The zero-order valence-electron chi connectivity index (χ0n) is 21.6. The third-order valence-electron chi connectivity index (χ3n) is 5.99. The number of hydrogen-bond donors (Lipinski definition) is 2. The summed E-state index contributed by atoms with van der Waals surface area (Å²) in [6, 6.07) is 20.4. The van der Waals surface area contributed by atoms with Crippen LogP contribution in [0.25, 0.3) is 0 Å². The van der Waals surface area contributed by atoms with Gasteiger partial charge in [0.2, 0.25) is 0 Å². The van der Waals surface area contributed by atoms with Gasteiger partial charge in [0.15, 0.2) is 0 Å². The minimum atomic E-state index is -0.977. The summed E-state index contributed by atoms with van der Waals surface area (Å²) in [5, 5.41) is 17.0. The molecule has 7 heteroatoms. The predicted octanol–water partition coefficient (Wildman–Crippen LogP) is 6.05. The molecule has 0 aliphatic carbocycles. The topological polar surface area (TPSA) is 101 Å². The highest BCUT2D eigenvalue weighted by atomic mass is 16.6. The van der Waals surface area contributed by atoms with Crippen molar-refractivity contribution in [2.75, 3.05) is 0 Å². The Bertz CT molecular complexity index is 1180. The Morgan fingerprint density at radius 1 is 0.722 bits per heavy atom. The number of nitrogens with one attached hydrogen (secondary N) is 2. The first-order valence-corrected chi connectivity index (χ1v) is 11.8. The fourth-order valence-electron chi connectivity index (χ4n) is 3.69. The fraction of sp³-hybridized carbons (Fsp3) is 0.310. The second-order valence-corrected chi connectivity index (χ2v) is 10.9. The van der Waals surface area contributed by atoms with Gasteiger partial charge in [0.1, 0.15) is 6.17 Å². The molecule has 0 spiro atoms. The molecule has 0 atom stereocenters. The second kappa shape index (κ2) is 10.3. The van der Waals surface area contributed by atoms with E-state index in [0.717, 1.165) is 11.1 Å². The normalized spacial score (nSPS) is 11.8. The first kappa shape index (κ1) is 26.6. The molecule has 0 aliphatic heterocycles. The molecule has 3 aromatic carbocycles. The van der Waals surface area contributed by atoms with E-state index >= 15 is 0 Å². The van der Waals surface area contributed by atoms with Gasteiger partial charge >= 0.3 is 0 Å². The summed E-state index contributed by atoms with van der Waals surface area (Å²) in [5.74, 6) is -0.814. The van der Waals surface area contributed by atoms with Crippen LogP contribution in [-0.2, 0) is 10.8 Å². The van der Waals surface area contributed by atoms with Crippen LogP contribution in [0.2, 0.25) is 0 Å². The number of nitro groups is 1. The number of benzene rings is 3. The molecule has 0 heterocycles. The molecule has 2 N–H and O–H groups in total. The molecule has 0 aliphatic rings. The summed E-state index contributed by atoms with van der Waals surface area (Å²) in [6.07, 6.45) is -0.977. The molecule has 0 aromatic heterocycles. The van der Waals surface area contributed by atoms with Crippen molar-refractivity contribution in [1.29, 1.82) is 0 Å². The lowest BCUT2D eigenvalue weighted by Crippen LogP contribution is -2.41. The molecule has 36 heavy (non-hydrogen) atoms. The van der Waals surface area contributed by atoms with Gasteiger partial charge in [-0.05, 0) is 46.2 Å². The average molecular weight is 488 g/mol. The summed E-state index contributed by atoms with van der Waals surface area (Å²) in [4.78, 5) is 37.0. The summed E-state index contributed by atoms with van der Waals surface area (Å²) >= 11 is 0. The highest BCUT2D eigenvalue weighted by Gasteiger charge is 2.22. The molecule has 0 saturated heterocycles. The maximum Gasteiger partial charge on any atom is 0.269 e. The van der Waals surface area contributed by atoms with Crippen molar-refractivity contribution in [1.82, 2.24) is 10.6 Å². The van der Waals surface area contributed by atoms with Crippen LogP contribution in [0.5, 0.6) is 0 Å². The van der Waals surface area contributed by atoms with E-state index < -0.39 is 22.9 Å². The molecule has 0 fully saturated rings. The maximum absolute atomic E-state index is 13.1. The molecule has 7 nitrogen and oxygen atoms in total. The average Bonchev–Trinajstić information content (AvgIpc) is 2.82. The van der Waals surface area contributed by atoms with Crippen LogP contribution in [0.15, 0.2) is 72.8 Å². The Morgan fingerprint density at radius 2 is 1.14 bits per heavy atom. The van der Waals surface area contributed by atoms with Crippen molar-refractivity contribution < 1.29 is 14.5 Å². The van der Waals surface area contributed by atoms with E-state index in [2.05, 4.69) is 52.2 Å². The van der Waals surface area contributed by atoms with Crippen LogP contribution in [-0.4, -0.2) is 16.7 Å². The third-order valence-corrected chi connectivity index (χ3v) is 5.99. The van der Waals surface area contributed by atoms with E-state index in [-0.39, 0.29) is 16.5 Å². The number of nitro benzene ring substituents is 1. The number of non-ortho nitro benzene ring substituents is 1. The van der Waals surface area contributed by atoms with Gasteiger partial charge in [-0.2, -0.15) is 0 Å². The van der Waals surface area contributed by atoms with Gasteiger partial charge in [-0.3, -0.25) is 19.7 Å². The van der Waals surface area contributed by atoms with Crippen LogP contribution in [0.3, 0.4) is 0 Å². The molecule has 188 valence electrons. The monoisotopic (exact) mass is 487 g/mol. The minimum absolute atomic E-state index is 0.0585. The van der Waals surface area contributed by atoms with Gasteiger partial charge in [-0.25, -0.2) is 0 Å². The molecule has 0 bridgehead atoms. The Balaban J connectivity index is 1.88. The number of rotatable bonds is 6. The van der Waals surface area contributed by atoms with E-state index in [1.165, 1.54) is 18.2 Å². The fourth-order valence-corrected chi connectivity index (χ4v) is 3.69. The smallest absolute Gasteiger partial charge is 0.269 e. The molecule has 3 rings (SSSR count). The Kier molecular flexibility index (Phi) is 7.62. The van der Waals surface area contributed by atoms with Crippen molar-refractivity contribution in [3.8, 4) is 0 Å². The van der Waals surface area contributed by atoms with Crippen LogP contribution < -0.4 is 10.6 Å². The van der Waals surface area contributed by atoms with Crippen molar-refractivity contribution in [3.63, 3.8) is 0 Å². The van der Waals surface area contributed by atoms with E-state index in [0.29, 0.717) is 16.7 Å². The first-order chi connectivity index (χ1) is 16.8. The van der Waals surface area contributed by atoms with Crippen molar-refractivity contribution in [2.45, 2.75) is 58.5 Å². The van der Waals surface area contributed by atoms with Gasteiger partial charge < -0.3 is 10.6 Å². The number of amides is 2. The van der Waals surface area contributed by atoms with Crippen molar-refractivity contribution in [3.05, 3.63) is 111 Å². The van der Waals surface area contributed by atoms with Crippen molar-refractivity contribution in [2.24, 2.45) is 0 Å². The zero-order chi connectivity index (χ0) is 26.7. The number of hydrogen-bond acceptors (Lipinski definition) is 4. The Hall–Kier alpha value is -4.00. The molecular weight excluding hydrogens is 454 g/mol. The van der Waals surface area contributed by atoms with Crippen LogP contribution in [0.1, 0.15) is 85.1 Å². The third kappa shape index (κ3) is 6.56. The van der Waals surface area contributed by atoms with Crippen molar-refractivity contribution >= 4 is 17.5 Å². The highest BCUT2D eigenvalue weighted by Crippen LogP contribution is 2.24. The quantitative estimate of drug-likeness (QED) is 0.251. The summed E-state index contributed by atoms with van der Waals surface area (Å²) in [7, 11) is 0. The number of carbonyl (C=O) groups excluding carboxylic acids is 2. The SMILES string of the molecule is CC(C)(C)c1ccc(C(=O)NC(NC(=O)c2ccc(C(C)(C)C)cc2)c2cccc([N+](=O)[O-])c2)cc1. The van der Waals surface area contributed by atoms with Gasteiger partial charge in [-0.15, -0.1) is 0 Å². The van der Waals surface area contributed by atoms with Gasteiger partial charge in [0.25, 0.3) is 17.5 Å². The number of carbonyl (C=O) groups is 2. The largest absolute Gasteiger partial charge is 0.328 e. The van der Waals surface area contributed by atoms with E-state index in [1.54, 1.807) is 30.3 Å². The lowest BCUT2D eigenvalue weighted by Gasteiger charge is -2.22. The Labute approximate surface area is 212 Å². The summed E-state index contributed by atoms with van der Waals surface area (Å²) in [6.45, 7) is 12.5. The zero-order valence-corrected chi connectivity index (χ0v) is 21.6. The lowest BCUT2D eigenvalue weighted by molar-refractivity contribution is -0.384. The second-order valence-electron chi connectivity index (χ2n) is 10.9. The van der Waals surface area contributed by atoms with E-state index in [1.807, 2.05) is 24.3 Å². The standard InChI is InChI=1S/C29H33N3O4/c1-28(2,3)22-14-10-19(11-15-22)26(33)30-25(21-8-7-9-24(18-21)32(35)36)31-27(34)20-12-16-23(17-13-20)29(4,5)6/h7-18,25H,1-6H3,(H,30,33)(H,31,34). The van der Waals surface area contributed by atoms with E-state index in [4.69, 9.17) is 0 Å². The Morgan fingerprint density at radius 3 is 1.50 bits per heavy atom. The maximum atomic E-state index is 13.1. The summed E-state index contributed by atoms with van der Waals surface area (Å²) < 4.78 is 0. The molecule has 0 unspecified atom stereocenters. The molecule has 0 saturated carbocycles. The molecule has 0 radical (unpaired) electrons. The minimum Gasteiger partial charge on any atom is -0.328 e.